The molecule has 1 fully saturated rings. The highest BCUT2D eigenvalue weighted by Crippen LogP contribution is 2.19. The van der Waals surface area contributed by atoms with Crippen LogP contribution in [0.3, 0.4) is 0 Å². The van der Waals surface area contributed by atoms with Crippen molar-refractivity contribution in [2.24, 2.45) is 0 Å². The zero-order chi connectivity index (χ0) is 21.5. The quantitative estimate of drug-likeness (QED) is 0.644. The predicted octanol–water partition coefficient (Wildman–Crippen LogP) is 2.93. The first-order valence-electron chi connectivity index (χ1n) is 11.2. The van der Waals surface area contributed by atoms with E-state index in [-0.39, 0.29) is 5.91 Å². The van der Waals surface area contributed by atoms with Crippen molar-refractivity contribution in [2.45, 2.75) is 20.0 Å². The van der Waals surface area contributed by atoms with Gasteiger partial charge in [0.15, 0.2) is 6.54 Å². The maximum absolute atomic E-state index is 13.3. The van der Waals surface area contributed by atoms with Gasteiger partial charge in [-0.05, 0) is 29.7 Å². The minimum Gasteiger partial charge on any atom is -0.360 e. The molecule has 0 aliphatic carbocycles. The lowest BCUT2D eigenvalue weighted by molar-refractivity contribution is -0.892. The highest BCUT2D eigenvalue weighted by molar-refractivity contribution is 5.77. The van der Waals surface area contributed by atoms with Crippen molar-refractivity contribution in [1.82, 2.24) is 4.90 Å². The van der Waals surface area contributed by atoms with Gasteiger partial charge in [-0.15, -0.1) is 0 Å². The molecular formula is C27H32N3O+. The van der Waals surface area contributed by atoms with Crippen LogP contribution in [-0.2, 0) is 17.9 Å². The van der Waals surface area contributed by atoms with Crippen LogP contribution in [0.5, 0.6) is 0 Å². The molecule has 1 aliphatic heterocycles. The third-order valence-corrected chi connectivity index (χ3v) is 6.11. The van der Waals surface area contributed by atoms with Crippen LogP contribution in [0.1, 0.15) is 16.7 Å². The van der Waals surface area contributed by atoms with Gasteiger partial charge in [-0.1, -0.05) is 78.9 Å². The van der Waals surface area contributed by atoms with Crippen LogP contribution in [0.4, 0.5) is 5.69 Å². The van der Waals surface area contributed by atoms with E-state index in [0.717, 1.165) is 26.2 Å². The number of anilines is 1. The van der Waals surface area contributed by atoms with Crippen molar-refractivity contribution >= 4 is 11.6 Å². The number of benzene rings is 3. The lowest BCUT2D eigenvalue weighted by Crippen LogP contribution is -3.15. The zero-order valence-electron chi connectivity index (χ0n) is 18.3. The second-order valence-corrected chi connectivity index (χ2v) is 8.42. The Bertz CT molecular complexity index is 925. The highest BCUT2D eigenvalue weighted by atomic mass is 16.2. The van der Waals surface area contributed by atoms with E-state index in [1.807, 2.05) is 41.3 Å². The monoisotopic (exact) mass is 414 g/mol. The van der Waals surface area contributed by atoms with E-state index in [2.05, 4.69) is 60.4 Å². The predicted molar refractivity (Wildman–Crippen MR) is 126 cm³/mol. The summed E-state index contributed by atoms with van der Waals surface area (Å²) in [6.07, 6.45) is 0. The molecule has 1 saturated heterocycles. The zero-order valence-corrected chi connectivity index (χ0v) is 18.3. The summed E-state index contributed by atoms with van der Waals surface area (Å²) in [6, 6.07) is 29.1. The molecule has 160 valence electrons. The van der Waals surface area contributed by atoms with Crippen molar-refractivity contribution in [3.63, 3.8) is 0 Å². The van der Waals surface area contributed by atoms with Gasteiger partial charge in [0.1, 0.15) is 0 Å². The lowest BCUT2D eigenvalue weighted by atomic mass is 10.1. The number of carbonyl (C=O) groups is 1. The summed E-state index contributed by atoms with van der Waals surface area (Å²) < 4.78 is 0. The number of nitrogens with one attached hydrogen (secondary N) is 1. The Kier molecular flexibility index (Phi) is 7.00. The summed E-state index contributed by atoms with van der Waals surface area (Å²) >= 11 is 0. The number of nitrogens with zero attached hydrogens (tertiary/aromatic N) is 2. The van der Waals surface area contributed by atoms with Gasteiger partial charge < -0.3 is 14.7 Å². The molecule has 0 unspecified atom stereocenters. The van der Waals surface area contributed by atoms with Gasteiger partial charge >= 0.3 is 0 Å². The number of hydrogen-bond acceptors (Lipinski definition) is 2. The van der Waals surface area contributed by atoms with Crippen LogP contribution >= 0.6 is 0 Å². The summed E-state index contributed by atoms with van der Waals surface area (Å²) in [5.41, 5.74) is 4.99. The Morgan fingerprint density at radius 2 is 1.32 bits per heavy atom. The molecule has 0 saturated carbocycles. The number of hydrogen-bond donors (Lipinski definition) is 1. The molecule has 1 amide bonds. The minimum atomic E-state index is 0.229. The molecule has 4 nitrogen and oxygen atoms in total. The Labute approximate surface area is 185 Å². The number of para-hydroxylation sites is 1. The van der Waals surface area contributed by atoms with Gasteiger partial charge in [-0.25, -0.2) is 0 Å². The molecule has 0 atom stereocenters. The summed E-state index contributed by atoms with van der Waals surface area (Å²) in [5.74, 6) is 0.229. The molecular weight excluding hydrogens is 382 g/mol. The third kappa shape index (κ3) is 5.74. The van der Waals surface area contributed by atoms with Gasteiger partial charge in [0.2, 0.25) is 0 Å². The maximum atomic E-state index is 13.3. The molecule has 4 rings (SSSR count). The first-order chi connectivity index (χ1) is 15.2. The summed E-state index contributed by atoms with van der Waals surface area (Å²) in [5, 5.41) is 0. The number of rotatable bonds is 7. The average molecular weight is 415 g/mol. The largest absolute Gasteiger partial charge is 0.360 e. The molecule has 4 heteroatoms. The Morgan fingerprint density at radius 1 is 0.806 bits per heavy atom. The first kappa shape index (κ1) is 21.1. The summed E-state index contributed by atoms with van der Waals surface area (Å²) in [7, 11) is 0. The van der Waals surface area contributed by atoms with E-state index in [0.29, 0.717) is 19.6 Å². The number of carbonyl (C=O) groups excluding carboxylic acids is 1. The second-order valence-electron chi connectivity index (χ2n) is 8.42. The topological polar surface area (TPSA) is 28.0 Å². The molecule has 0 radical (unpaired) electrons. The Morgan fingerprint density at radius 3 is 1.87 bits per heavy atom. The van der Waals surface area contributed by atoms with E-state index in [9.17, 15) is 4.79 Å². The summed E-state index contributed by atoms with van der Waals surface area (Å²) in [4.78, 5) is 19.2. The Balaban J connectivity index is 1.38. The van der Waals surface area contributed by atoms with Gasteiger partial charge in [0, 0.05) is 18.8 Å². The van der Waals surface area contributed by atoms with Crippen molar-refractivity contribution in [2.75, 3.05) is 37.6 Å². The van der Waals surface area contributed by atoms with Gasteiger partial charge in [0.05, 0.1) is 26.2 Å². The first-order valence-corrected chi connectivity index (χ1v) is 11.2. The number of aryl methyl sites for hydroxylation is 1. The molecule has 1 heterocycles. The van der Waals surface area contributed by atoms with Crippen LogP contribution in [0.15, 0.2) is 84.9 Å². The fourth-order valence-electron chi connectivity index (χ4n) is 4.32. The average Bonchev–Trinajstić information content (AvgIpc) is 2.81. The second kappa shape index (κ2) is 10.3. The Hall–Kier alpha value is -3.11. The fourth-order valence-corrected chi connectivity index (χ4v) is 4.32. The van der Waals surface area contributed by atoms with E-state index in [4.69, 9.17) is 0 Å². The van der Waals surface area contributed by atoms with Crippen molar-refractivity contribution in [1.29, 1.82) is 0 Å². The maximum Gasteiger partial charge on any atom is 0.278 e. The molecule has 1 aliphatic rings. The molecule has 31 heavy (non-hydrogen) atoms. The van der Waals surface area contributed by atoms with Crippen molar-refractivity contribution in [3.05, 3.63) is 102 Å². The minimum absolute atomic E-state index is 0.229. The summed E-state index contributed by atoms with van der Waals surface area (Å²) in [6.45, 7) is 7.99. The van der Waals surface area contributed by atoms with Crippen LogP contribution in [0, 0.1) is 6.92 Å². The molecule has 3 aromatic carbocycles. The normalized spacial score (nSPS) is 14.4. The van der Waals surface area contributed by atoms with Gasteiger partial charge in [-0.2, -0.15) is 0 Å². The third-order valence-electron chi connectivity index (χ3n) is 6.11. The molecule has 0 spiro atoms. The van der Waals surface area contributed by atoms with Crippen molar-refractivity contribution < 1.29 is 9.69 Å². The molecule has 0 aromatic heterocycles. The number of quaternary nitrogens is 1. The smallest absolute Gasteiger partial charge is 0.278 e. The van der Waals surface area contributed by atoms with Gasteiger partial charge in [0.25, 0.3) is 5.91 Å². The molecule has 0 bridgehead atoms. The van der Waals surface area contributed by atoms with Crippen LogP contribution in [-0.4, -0.2) is 43.5 Å². The SMILES string of the molecule is Cc1ccccc1N1CC[NH+](CC(=O)N(Cc2ccccc2)Cc2ccccc2)CC1. The van der Waals surface area contributed by atoms with E-state index < -0.39 is 0 Å². The van der Waals surface area contributed by atoms with E-state index >= 15 is 0 Å². The standard InChI is InChI=1S/C27H31N3O/c1-23-10-8-9-15-26(23)29-18-16-28(17-19-29)22-27(31)30(20-24-11-4-2-5-12-24)21-25-13-6-3-7-14-25/h2-15H,16-22H2,1H3/p+1. The van der Waals surface area contributed by atoms with Gasteiger partial charge in [-0.3, -0.25) is 4.79 Å². The van der Waals surface area contributed by atoms with E-state index in [1.165, 1.54) is 27.3 Å². The fraction of sp³-hybridized carbons (Fsp3) is 0.296. The number of amides is 1. The van der Waals surface area contributed by atoms with Crippen LogP contribution in [0.2, 0.25) is 0 Å². The molecule has 3 aromatic rings. The van der Waals surface area contributed by atoms with E-state index in [1.54, 1.807) is 0 Å². The number of piperazine rings is 1. The highest BCUT2D eigenvalue weighted by Gasteiger charge is 2.25. The lowest BCUT2D eigenvalue weighted by Gasteiger charge is -2.35. The van der Waals surface area contributed by atoms with Crippen LogP contribution in [0.25, 0.3) is 0 Å². The van der Waals surface area contributed by atoms with Crippen molar-refractivity contribution in [3.8, 4) is 0 Å². The molecule has 1 N–H and O–H groups in total. The van der Waals surface area contributed by atoms with Crippen LogP contribution < -0.4 is 9.80 Å².